The fourth-order valence-electron chi connectivity index (χ4n) is 1.82. The van der Waals surface area contributed by atoms with Crippen molar-refractivity contribution in [1.82, 2.24) is 15.1 Å². The maximum absolute atomic E-state index is 13.3. The van der Waals surface area contributed by atoms with Gasteiger partial charge in [0.15, 0.2) is 0 Å². The third kappa shape index (κ3) is 4.04. The number of rotatable bonds is 6. The van der Waals surface area contributed by atoms with Crippen molar-refractivity contribution in [3.05, 3.63) is 52.6 Å². The molecule has 1 aromatic carbocycles. The van der Waals surface area contributed by atoms with Crippen LogP contribution in [0, 0.1) is 5.82 Å². The molecule has 1 aromatic heterocycles. The largest absolute Gasteiger partial charge is 0.313 e. The van der Waals surface area contributed by atoms with Crippen LogP contribution in [-0.2, 0) is 13.1 Å². The Bertz CT molecular complexity index is 539. The second-order valence-electron chi connectivity index (χ2n) is 4.47. The fourth-order valence-corrected chi connectivity index (χ4v) is 1.94. The highest BCUT2D eigenvalue weighted by molar-refractivity contribution is 6.30. The number of aromatic nitrogens is 2. The minimum atomic E-state index is -0.392. The van der Waals surface area contributed by atoms with Crippen LogP contribution in [0.4, 0.5) is 4.39 Å². The minimum Gasteiger partial charge on any atom is -0.313 e. The summed E-state index contributed by atoms with van der Waals surface area (Å²) in [6.07, 6.45) is 4.91. The van der Waals surface area contributed by atoms with Crippen LogP contribution in [0.3, 0.4) is 0 Å². The Kier molecular flexibility index (Phi) is 4.93. The third-order valence-electron chi connectivity index (χ3n) is 2.77. The number of benzene rings is 1. The van der Waals surface area contributed by atoms with Crippen LogP contribution >= 0.6 is 11.6 Å². The van der Waals surface area contributed by atoms with Crippen molar-refractivity contribution in [2.24, 2.45) is 0 Å². The lowest BCUT2D eigenvalue weighted by Crippen LogP contribution is -2.13. The summed E-state index contributed by atoms with van der Waals surface area (Å²) in [4.78, 5) is 0. The Hall–Kier alpha value is -1.39. The van der Waals surface area contributed by atoms with Gasteiger partial charge < -0.3 is 5.32 Å². The molecule has 2 aromatic rings. The minimum absolute atomic E-state index is 0.147. The second-order valence-corrected chi connectivity index (χ2v) is 4.88. The van der Waals surface area contributed by atoms with Gasteiger partial charge in [-0.25, -0.2) is 4.39 Å². The second kappa shape index (κ2) is 6.68. The van der Waals surface area contributed by atoms with E-state index in [1.165, 1.54) is 6.07 Å². The molecule has 2 rings (SSSR count). The van der Waals surface area contributed by atoms with E-state index in [0.717, 1.165) is 30.6 Å². The van der Waals surface area contributed by atoms with Crippen molar-refractivity contribution in [1.29, 1.82) is 0 Å². The van der Waals surface area contributed by atoms with Crippen LogP contribution in [-0.4, -0.2) is 16.3 Å². The molecule has 0 fully saturated rings. The summed E-state index contributed by atoms with van der Waals surface area (Å²) in [5.74, 6) is -0.392. The number of halogens is 2. The van der Waals surface area contributed by atoms with Gasteiger partial charge in [-0.2, -0.15) is 5.10 Å². The van der Waals surface area contributed by atoms with E-state index in [-0.39, 0.29) is 5.02 Å². The zero-order chi connectivity index (χ0) is 13.7. The Morgan fingerprint density at radius 2 is 2.21 bits per heavy atom. The molecule has 0 aliphatic heterocycles. The summed E-state index contributed by atoms with van der Waals surface area (Å²) in [5, 5.41) is 7.72. The Morgan fingerprint density at radius 1 is 1.37 bits per heavy atom. The molecule has 102 valence electrons. The van der Waals surface area contributed by atoms with Crippen molar-refractivity contribution in [3.63, 3.8) is 0 Å². The Morgan fingerprint density at radius 3 is 2.95 bits per heavy atom. The van der Waals surface area contributed by atoms with Crippen LogP contribution in [0.15, 0.2) is 30.6 Å². The van der Waals surface area contributed by atoms with Gasteiger partial charge >= 0.3 is 0 Å². The quantitative estimate of drug-likeness (QED) is 0.824. The lowest BCUT2D eigenvalue weighted by molar-refractivity contribution is 0.619. The van der Waals surface area contributed by atoms with Gasteiger partial charge in [0.2, 0.25) is 0 Å². The SMILES string of the molecule is CCCNCc1cnn(Cc2ccc(Cl)c(F)c2)c1. The standard InChI is InChI=1S/C14H17ClFN3/c1-2-5-17-7-12-8-18-19(10-12)9-11-3-4-13(15)14(16)6-11/h3-4,6,8,10,17H,2,5,7,9H2,1H3. The summed E-state index contributed by atoms with van der Waals surface area (Å²) in [5.41, 5.74) is 1.97. The summed E-state index contributed by atoms with van der Waals surface area (Å²) in [6.45, 7) is 4.48. The van der Waals surface area contributed by atoms with Gasteiger partial charge in [-0.3, -0.25) is 4.68 Å². The van der Waals surface area contributed by atoms with Gasteiger partial charge in [0.25, 0.3) is 0 Å². The molecule has 1 heterocycles. The van der Waals surface area contributed by atoms with Crippen LogP contribution in [0.25, 0.3) is 0 Å². The Labute approximate surface area is 117 Å². The predicted octanol–water partition coefficient (Wildman–Crippen LogP) is 3.22. The fraction of sp³-hybridized carbons (Fsp3) is 0.357. The first kappa shape index (κ1) is 14.0. The van der Waals surface area contributed by atoms with Gasteiger partial charge in [0.05, 0.1) is 17.8 Å². The van der Waals surface area contributed by atoms with Crippen molar-refractivity contribution >= 4 is 11.6 Å². The Balaban J connectivity index is 1.97. The molecule has 19 heavy (non-hydrogen) atoms. The molecule has 0 aliphatic carbocycles. The molecule has 0 saturated heterocycles. The highest BCUT2D eigenvalue weighted by atomic mass is 35.5. The summed E-state index contributed by atoms with van der Waals surface area (Å²) in [6, 6.07) is 4.82. The zero-order valence-corrected chi connectivity index (χ0v) is 11.6. The molecule has 1 N–H and O–H groups in total. The number of hydrogen-bond acceptors (Lipinski definition) is 2. The third-order valence-corrected chi connectivity index (χ3v) is 3.08. The van der Waals surface area contributed by atoms with Gasteiger partial charge in [-0.15, -0.1) is 0 Å². The lowest BCUT2D eigenvalue weighted by atomic mass is 10.2. The van der Waals surface area contributed by atoms with Gasteiger partial charge in [0.1, 0.15) is 5.82 Å². The van der Waals surface area contributed by atoms with Crippen LogP contribution in [0.1, 0.15) is 24.5 Å². The first-order valence-electron chi connectivity index (χ1n) is 6.35. The average molecular weight is 282 g/mol. The molecule has 0 atom stereocenters. The molecule has 0 bridgehead atoms. The van der Waals surface area contributed by atoms with Crippen molar-refractivity contribution in [3.8, 4) is 0 Å². The molecular weight excluding hydrogens is 265 g/mol. The highest BCUT2D eigenvalue weighted by Crippen LogP contribution is 2.16. The summed E-state index contributed by atoms with van der Waals surface area (Å²) < 4.78 is 15.1. The molecule has 3 nitrogen and oxygen atoms in total. The van der Waals surface area contributed by atoms with Gasteiger partial charge in [0, 0.05) is 18.3 Å². The maximum Gasteiger partial charge on any atom is 0.142 e. The molecule has 0 spiro atoms. The van der Waals surface area contributed by atoms with Crippen LogP contribution < -0.4 is 5.32 Å². The van der Waals surface area contributed by atoms with Gasteiger partial charge in [-0.1, -0.05) is 24.6 Å². The summed E-state index contributed by atoms with van der Waals surface area (Å²) in [7, 11) is 0. The van der Waals surface area contributed by atoms with E-state index in [4.69, 9.17) is 11.6 Å². The van der Waals surface area contributed by atoms with E-state index >= 15 is 0 Å². The predicted molar refractivity (Wildman–Crippen MR) is 74.7 cm³/mol. The zero-order valence-electron chi connectivity index (χ0n) is 10.9. The number of nitrogens with zero attached hydrogens (tertiary/aromatic N) is 2. The van der Waals surface area contributed by atoms with E-state index in [9.17, 15) is 4.39 Å². The molecular formula is C14H17ClFN3. The topological polar surface area (TPSA) is 29.9 Å². The number of hydrogen-bond donors (Lipinski definition) is 1. The van der Waals surface area contributed by atoms with E-state index in [1.54, 1.807) is 10.7 Å². The van der Waals surface area contributed by atoms with E-state index in [0.29, 0.717) is 6.54 Å². The van der Waals surface area contributed by atoms with E-state index in [1.807, 2.05) is 18.5 Å². The lowest BCUT2D eigenvalue weighted by Gasteiger charge is -2.03. The normalized spacial score (nSPS) is 10.9. The first-order chi connectivity index (χ1) is 9.19. The van der Waals surface area contributed by atoms with Crippen molar-refractivity contribution in [2.45, 2.75) is 26.4 Å². The monoisotopic (exact) mass is 281 g/mol. The number of nitrogens with one attached hydrogen (secondary N) is 1. The van der Waals surface area contributed by atoms with Gasteiger partial charge in [-0.05, 0) is 30.7 Å². The molecule has 0 amide bonds. The molecule has 0 unspecified atom stereocenters. The molecule has 0 radical (unpaired) electrons. The van der Waals surface area contributed by atoms with E-state index < -0.39 is 5.82 Å². The first-order valence-corrected chi connectivity index (χ1v) is 6.73. The average Bonchev–Trinajstić information content (AvgIpc) is 2.82. The van der Waals surface area contributed by atoms with E-state index in [2.05, 4.69) is 17.3 Å². The molecule has 0 aliphatic rings. The van der Waals surface area contributed by atoms with Crippen LogP contribution in [0.5, 0.6) is 0 Å². The summed E-state index contributed by atoms with van der Waals surface area (Å²) >= 11 is 5.65. The van der Waals surface area contributed by atoms with Crippen molar-refractivity contribution < 1.29 is 4.39 Å². The highest BCUT2D eigenvalue weighted by Gasteiger charge is 2.03. The molecule has 5 heteroatoms. The van der Waals surface area contributed by atoms with Crippen molar-refractivity contribution in [2.75, 3.05) is 6.54 Å². The molecule has 0 saturated carbocycles. The smallest absolute Gasteiger partial charge is 0.142 e. The van der Waals surface area contributed by atoms with Crippen LogP contribution in [0.2, 0.25) is 5.02 Å². The maximum atomic E-state index is 13.3.